The summed E-state index contributed by atoms with van der Waals surface area (Å²) in [5.41, 5.74) is 3.87. The largest absolute Gasteiger partial charge is 0.359 e. The summed E-state index contributed by atoms with van der Waals surface area (Å²) in [5, 5.41) is 11.3. The number of thiazole rings is 1. The number of amides is 2. The van der Waals surface area contributed by atoms with Gasteiger partial charge in [0.1, 0.15) is 15.7 Å². The van der Waals surface area contributed by atoms with Gasteiger partial charge in [0.25, 0.3) is 5.91 Å². The average molecular weight is 575 g/mol. The highest BCUT2D eigenvalue weighted by Crippen LogP contribution is 2.26. The van der Waals surface area contributed by atoms with Crippen molar-refractivity contribution in [2.45, 2.75) is 57.5 Å². The predicted molar refractivity (Wildman–Crippen MR) is 160 cm³/mol. The first kappa shape index (κ1) is 28.7. The van der Waals surface area contributed by atoms with Crippen molar-refractivity contribution >= 4 is 23.2 Å². The number of aromatic nitrogens is 5. The van der Waals surface area contributed by atoms with Gasteiger partial charge in [-0.1, -0.05) is 37.1 Å². The quantitative estimate of drug-likeness (QED) is 0.199. The number of likely N-dealkylation sites (tertiary alicyclic amines) is 1. The average Bonchev–Trinajstić information content (AvgIpc) is 3.81. The van der Waals surface area contributed by atoms with E-state index in [-0.39, 0.29) is 17.9 Å². The van der Waals surface area contributed by atoms with Crippen LogP contribution in [0.1, 0.15) is 71.5 Å². The Hall–Kier alpha value is -3.83. The molecule has 0 bridgehead atoms. The number of carbonyl (C=O) groups is 2. The molecule has 1 atom stereocenters. The van der Waals surface area contributed by atoms with Crippen LogP contribution in [0.4, 0.5) is 0 Å². The molecule has 4 aromatic rings. The Morgan fingerprint density at radius 1 is 1.02 bits per heavy atom. The second-order valence-electron chi connectivity index (χ2n) is 10.5. The Morgan fingerprint density at radius 2 is 1.80 bits per heavy atom. The lowest BCUT2D eigenvalue weighted by molar-refractivity contribution is -0.120. The van der Waals surface area contributed by atoms with E-state index in [4.69, 9.17) is 0 Å². The van der Waals surface area contributed by atoms with E-state index in [1.807, 2.05) is 49.8 Å². The van der Waals surface area contributed by atoms with Crippen molar-refractivity contribution in [3.8, 4) is 22.5 Å². The molecule has 5 rings (SSSR count). The van der Waals surface area contributed by atoms with E-state index in [2.05, 4.69) is 35.6 Å². The number of nitrogens with zero attached hydrogens (tertiary/aromatic N) is 5. The summed E-state index contributed by atoms with van der Waals surface area (Å²) in [5.74, 6) is 0.632. The summed E-state index contributed by atoms with van der Waals surface area (Å²) in [7, 11) is 3.56. The number of carbonyl (C=O) groups excluding carboxylic acids is 2. The van der Waals surface area contributed by atoms with Crippen molar-refractivity contribution in [2.24, 2.45) is 7.05 Å². The van der Waals surface area contributed by atoms with Gasteiger partial charge in [-0.3, -0.25) is 19.2 Å². The van der Waals surface area contributed by atoms with Gasteiger partial charge in [0, 0.05) is 32.3 Å². The molecular formula is C30H38N8O2S. The Labute approximate surface area is 244 Å². The minimum absolute atomic E-state index is 0.0505. The van der Waals surface area contributed by atoms with Gasteiger partial charge in [-0.2, -0.15) is 5.10 Å². The smallest absolute Gasteiger partial charge is 0.263 e. The van der Waals surface area contributed by atoms with E-state index in [0.29, 0.717) is 17.7 Å². The Morgan fingerprint density at radius 3 is 2.54 bits per heavy atom. The van der Waals surface area contributed by atoms with Crippen molar-refractivity contribution in [3.05, 3.63) is 64.6 Å². The topological polar surface area (TPSA) is 121 Å². The van der Waals surface area contributed by atoms with Crippen LogP contribution in [0.2, 0.25) is 0 Å². The number of hydrogen-bond donors (Lipinski definition) is 3. The number of unbranched alkanes of at least 4 members (excludes halogenated alkanes) is 2. The number of aromatic amines is 1. The zero-order chi connectivity index (χ0) is 28.6. The molecule has 1 unspecified atom stereocenters. The second-order valence-corrected chi connectivity index (χ2v) is 11.6. The first-order valence-electron chi connectivity index (χ1n) is 14.3. The third-order valence-electron chi connectivity index (χ3n) is 7.45. The monoisotopic (exact) mass is 574 g/mol. The molecule has 0 saturated carbocycles. The van der Waals surface area contributed by atoms with Crippen molar-refractivity contribution < 1.29 is 9.59 Å². The van der Waals surface area contributed by atoms with E-state index in [1.165, 1.54) is 24.2 Å². The molecule has 1 aliphatic rings. The van der Waals surface area contributed by atoms with Crippen LogP contribution in [0.3, 0.4) is 0 Å². The summed E-state index contributed by atoms with van der Waals surface area (Å²) in [6, 6.07) is 9.90. The molecule has 2 amide bonds. The van der Waals surface area contributed by atoms with Crippen molar-refractivity contribution in [1.82, 2.24) is 40.3 Å². The second kappa shape index (κ2) is 13.7. The maximum Gasteiger partial charge on any atom is 0.263 e. The predicted octanol–water partition coefficient (Wildman–Crippen LogP) is 4.70. The van der Waals surface area contributed by atoms with Crippen LogP contribution in [-0.2, 0) is 18.4 Å². The molecule has 3 N–H and O–H groups in total. The van der Waals surface area contributed by atoms with Gasteiger partial charge in [0.05, 0.1) is 36.4 Å². The van der Waals surface area contributed by atoms with Crippen molar-refractivity contribution in [2.75, 3.05) is 20.1 Å². The number of imidazole rings is 1. The third-order valence-corrected chi connectivity index (χ3v) is 8.43. The maximum atomic E-state index is 13.3. The van der Waals surface area contributed by atoms with Gasteiger partial charge in [-0.15, -0.1) is 11.3 Å². The SMILES string of the molecule is CNC(=O)CCCCCC(NC(=O)c1cnc(CN2CCCC2)s1)c1ncc(-c2ccc(-c3ccn(C)n3)cc2)[nH]1. The molecule has 4 heterocycles. The van der Waals surface area contributed by atoms with E-state index in [1.54, 1.807) is 17.9 Å². The third kappa shape index (κ3) is 7.68. The minimum Gasteiger partial charge on any atom is -0.359 e. The minimum atomic E-state index is -0.284. The van der Waals surface area contributed by atoms with Crippen LogP contribution >= 0.6 is 11.3 Å². The maximum absolute atomic E-state index is 13.3. The highest BCUT2D eigenvalue weighted by Gasteiger charge is 2.21. The molecule has 1 saturated heterocycles. The van der Waals surface area contributed by atoms with Crippen LogP contribution in [0.15, 0.2) is 48.9 Å². The zero-order valence-electron chi connectivity index (χ0n) is 23.7. The normalized spacial score (nSPS) is 14.3. The number of nitrogens with one attached hydrogen (secondary N) is 3. The molecule has 0 aliphatic carbocycles. The summed E-state index contributed by atoms with van der Waals surface area (Å²) in [6.07, 6.45) is 11.7. The molecule has 1 aliphatic heterocycles. The Balaban J connectivity index is 1.26. The molecular weight excluding hydrogens is 536 g/mol. The molecule has 11 heteroatoms. The van der Waals surface area contributed by atoms with Gasteiger partial charge in [-0.25, -0.2) is 9.97 Å². The first-order valence-corrected chi connectivity index (χ1v) is 15.1. The number of rotatable bonds is 13. The molecule has 10 nitrogen and oxygen atoms in total. The van der Waals surface area contributed by atoms with Gasteiger partial charge >= 0.3 is 0 Å². The standard InChI is InChI=1S/C30H38N8O2S/c1-31-27(39)9-5-3-4-8-24(35-30(40)26-19-32-28(41-26)20-38-15-6-7-16-38)29-33-18-25(34-29)22-12-10-21(11-13-22)23-14-17-37(2)36-23/h10-14,17-19,24H,3-9,15-16,20H2,1-2H3,(H,31,39)(H,33,34)(H,35,40). The summed E-state index contributed by atoms with van der Waals surface area (Å²) >= 11 is 1.46. The summed E-state index contributed by atoms with van der Waals surface area (Å²) < 4.78 is 1.79. The van der Waals surface area contributed by atoms with Crippen LogP contribution in [0, 0.1) is 0 Å². The fourth-order valence-corrected chi connectivity index (χ4v) is 5.98. The van der Waals surface area contributed by atoms with E-state index in [9.17, 15) is 9.59 Å². The fourth-order valence-electron chi connectivity index (χ4n) is 5.11. The zero-order valence-corrected chi connectivity index (χ0v) is 24.5. The number of aryl methyl sites for hydroxylation is 1. The van der Waals surface area contributed by atoms with Gasteiger partial charge in [0.2, 0.25) is 5.91 Å². The Kier molecular flexibility index (Phi) is 9.58. The van der Waals surface area contributed by atoms with Gasteiger partial charge < -0.3 is 15.6 Å². The van der Waals surface area contributed by atoms with E-state index in [0.717, 1.165) is 72.2 Å². The van der Waals surface area contributed by atoms with Crippen LogP contribution in [0.25, 0.3) is 22.5 Å². The Bertz CT molecular complexity index is 1430. The van der Waals surface area contributed by atoms with E-state index >= 15 is 0 Å². The molecule has 0 radical (unpaired) electrons. The van der Waals surface area contributed by atoms with Crippen LogP contribution in [0.5, 0.6) is 0 Å². The first-order chi connectivity index (χ1) is 20.0. The van der Waals surface area contributed by atoms with Gasteiger partial charge in [0.15, 0.2) is 0 Å². The van der Waals surface area contributed by atoms with Crippen molar-refractivity contribution in [3.63, 3.8) is 0 Å². The number of hydrogen-bond acceptors (Lipinski definition) is 7. The lowest BCUT2D eigenvalue weighted by atomic mass is 10.1. The summed E-state index contributed by atoms with van der Waals surface area (Å²) in [6.45, 7) is 2.99. The molecule has 3 aromatic heterocycles. The molecule has 41 heavy (non-hydrogen) atoms. The van der Waals surface area contributed by atoms with Gasteiger partial charge in [-0.05, 0) is 50.4 Å². The number of benzene rings is 1. The van der Waals surface area contributed by atoms with E-state index < -0.39 is 0 Å². The highest BCUT2D eigenvalue weighted by molar-refractivity contribution is 7.13. The lowest BCUT2D eigenvalue weighted by Gasteiger charge is -2.16. The lowest BCUT2D eigenvalue weighted by Crippen LogP contribution is -2.28. The fraction of sp³-hybridized carbons (Fsp3) is 0.433. The molecule has 1 fully saturated rings. The molecule has 1 aromatic carbocycles. The van der Waals surface area contributed by atoms with Crippen molar-refractivity contribution in [1.29, 1.82) is 0 Å². The number of H-pyrrole nitrogens is 1. The molecule has 216 valence electrons. The van der Waals surface area contributed by atoms with Crippen LogP contribution < -0.4 is 10.6 Å². The highest BCUT2D eigenvalue weighted by atomic mass is 32.1. The summed E-state index contributed by atoms with van der Waals surface area (Å²) in [4.78, 5) is 40.5. The van der Waals surface area contributed by atoms with Crippen LogP contribution in [-0.4, -0.2) is 61.6 Å². The molecule has 0 spiro atoms.